The predicted molar refractivity (Wildman–Crippen MR) is 89.0 cm³/mol. The third-order valence-corrected chi connectivity index (χ3v) is 5.18. The molecule has 2 N–H and O–H groups in total. The zero-order valence-corrected chi connectivity index (χ0v) is 13.1. The lowest BCUT2D eigenvalue weighted by atomic mass is 9.85. The molecule has 4 heteroatoms. The fraction of sp³-hybridized carbons (Fsp3) is 0.556. The first-order valence-corrected chi connectivity index (χ1v) is 8.51. The number of hydrogen-bond acceptors (Lipinski definition) is 3. The molecule has 2 aromatic rings. The number of benzene rings is 1. The van der Waals surface area contributed by atoms with Crippen LogP contribution in [0.25, 0.3) is 10.9 Å². The summed E-state index contributed by atoms with van der Waals surface area (Å²) in [6.07, 6.45) is 4.39. The van der Waals surface area contributed by atoms with Gasteiger partial charge in [0.25, 0.3) is 0 Å². The minimum absolute atomic E-state index is 0.533. The Morgan fingerprint density at radius 3 is 2.73 bits per heavy atom. The molecule has 2 saturated heterocycles. The van der Waals surface area contributed by atoms with Crippen LogP contribution in [0.3, 0.4) is 0 Å². The summed E-state index contributed by atoms with van der Waals surface area (Å²) < 4.78 is 5.60. The van der Waals surface area contributed by atoms with Crippen LogP contribution in [0, 0.1) is 5.92 Å². The highest BCUT2D eigenvalue weighted by Crippen LogP contribution is 2.36. The first-order valence-electron chi connectivity index (χ1n) is 8.51. The summed E-state index contributed by atoms with van der Waals surface area (Å²) in [5, 5.41) is 4.80. The van der Waals surface area contributed by atoms with E-state index in [0.29, 0.717) is 12.0 Å². The van der Waals surface area contributed by atoms with Crippen molar-refractivity contribution in [3.8, 4) is 0 Å². The lowest BCUT2D eigenvalue weighted by Gasteiger charge is -2.41. The van der Waals surface area contributed by atoms with Crippen LogP contribution in [-0.2, 0) is 4.74 Å². The smallest absolute Gasteiger partial charge is 0.0469 e. The SMILES string of the molecule is c1cc2cc([C@H](C3CCOCC3)N3CCNCC3)ccc2[nH]1. The first-order chi connectivity index (χ1) is 10.9. The van der Waals surface area contributed by atoms with Crippen molar-refractivity contribution < 1.29 is 4.74 Å². The molecule has 4 rings (SSSR count). The van der Waals surface area contributed by atoms with Crippen molar-refractivity contribution in [1.82, 2.24) is 15.2 Å². The highest BCUT2D eigenvalue weighted by molar-refractivity contribution is 5.80. The van der Waals surface area contributed by atoms with Crippen LogP contribution in [-0.4, -0.2) is 49.3 Å². The van der Waals surface area contributed by atoms with Crippen LogP contribution in [0.1, 0.15) is 24.4 Å². The van der Waals surface area contributed by atoms with Crippen molar-refractivity contribution >= 4 is 10.9 Å². The van der Waals surface area contributed by atoms with E-state index in [1.165, 1.54) is 29.3 Å². The van der Waals surface area contributed by atoms with Crippen molar-refractivity contribution in [2.45, 2.75) is 18.9 Å². The topological polar surface area (TPSA) is 40.3 Å². The molecule has 0 radical (unpaired) electrons. The Hall–Kier alpha value is -1.36. The number of nitrogens with one attached hydrogen (secondary N) is 2. The van der Waals surface area contributed by atoms with Gasteiger partial charge < -0.3 is 15.0 Å². The molecule has 1 atom stereocenters. The van der Waals surface area contributed by atoms with Gasteiger partial charge in [-0.3, -0.25) is 4.90 Å². The maximum Gasteiger partial charge on any atom is 0.0469 e. The van der Waals surface area contributed by atoms with Gasteiger partial charge in [0.2, 0.25) is 0 Å². The Morgan fingerprint density at radius 1 is 1.09 bits per heavy atom. The second-order valence-electron chi connectivity index (χ2n) is 6.50. The van der Waals surface area contributed by atoms with Gasteiger partial charge in [-0.1, -0.05) is 6.07 Å². The Labute approximate surface area is 131 Å². The van der Waals surface area contributed by atoms with Gasteiger partial charge in [0.05, 0.1) is 0 Å². The summed E-state index contributed by atoms with van der Waals surface area (Å²) in [4.78, 5) is 5.98. The summed E-state index contributed by atoms with van der Waals surface area (Å²) >= 11 is 0. The lowest BCUT2D eigenvalue weighted by Crippen LogP contribution is -2.47. The number of nitrogens with zero attached hydrogens (tertiary/aromatic N) is 1. The number of aromatic amines is 1. The number of ether oxygens (including phenoxy) is 1. The summed E-state index contributed by atoms with van der Waals surface area (Å²) in [6.45, 7) is 6.33. The number of rotatable bonds is 3. The third kappa shape index (κ3) is 2.78. The van der Waals surface area contributed by atoms with Crippen molar-refractivity contribution in [1.29, 1.82) is 0 Å². The summed E-state index contributed by atoms with van der Waals surface area (Å²) in [6, 6.07) is 9.65. The highest BCUT2D eigenvalue weighted by atomic mass is 16.5. The van der Waals surface area contributed by atoms with E-state index in [-0.39, 0.29) is 0 Å². The second kappa shape index (κ2) is 6.41. The van der Waals surface area contributed by atoms with E-state index >= 15 is 0 Å². The van der Waals surface area contributed by atoms with E-state index in [0.717, 1.165) is 39.4 Å². The molecule has 118 valence electrons. The Bertz CT molecular complexity index is 594. The van der Waals surface area contributed by atoms with Crippen LogP contribution in [0.2, 0.25) is 0 Å². The van der Waals surface area contributed by atoms with Gasteiger partial charge in [0, 0.05) is 57.1 Å². The summed E-state index contributed by atoms with van der Waals surface area (Å²) in [5.74, 6) is 0.711. The van der Waals surface area contributed by atoms with E-state index in [1.54, 1.807) is 0 Å². The molecule has 22 heavy (non-hydrogen) atoms. The molecule has 0 aliphatic carbocycles. The normalized spacial score (nSPS) is 22.9. The lowest BCUT2D eigenvalue weighted by molar-refractivity contribution is 0.0213. The van der Waals surface area contributed by atoms with E-state index in [9.17, 15) is 0 Å². The summed E-state index contributed by atoms with van der Waals surface area (Å²) in [5.41, 5.74) is 2.70. The molecule has 0 amide bonds. The molecule has 2 aliphatic heterocycles. The number of H-pyrrole nitrogens is 1. The molecular weight excluding hydrogens is 274 g/mol. The zero-order valence-electron chi connectivity index (χ0n) is 13.1. The van der Waals surface area contributed by atoms with Crippen LogP contribution < -0.4 is 5.32 Å². The van der Waals surface area contributed by atoms with Gasteiger partial charge >= 0.3 is 0 Å². The molecule has 0 bridgehead atoms. The van der Waals surface area contributed by atoms with Gasteiger partial charge in [-0.2, -0.15) is 0 Å². The number of piperazine rings is 1. The quantitative estimate of drug-likeness (QED) is 0.915. The van der Waals surface area contributed by atoms with Crippen LogP contribution in [0.4, 0.5) is 0 Å². The van der Waals surface area contributed by atoms with E-state index in [2.05, 4.69) is 39.5 Å². The molecular formula is C18H25N3O. The maximum absolute atomic E-state index is 5.60. The van der Waals surface area contributed by atoms with Gasteiger partial charge in [-0.15, -0.1) is 0 Å². The average molecular weight is 299 g/mol. The molecule has 2 fully saturated rings. The van der Waals surface area contributed by atoms with Gasteiger partial charge in [0.15, 0.2) is 0 Å². The van der Waals surface area contributed by atoms with E-state index < -0.39 is 0 Å². The maximum atomic E-state index is 5.60. The fourth-order valence-corrected chi connectivity index (χ4v) is 4.03. The standard InChI is InChI=1S/C18H25N3O/c1-2-17-15(3-6-20-17)13-16(1)18(14-4-11-22-12-5-14)21-9-7-19-8-10-21/h1-3,6,13-14,18-20H,4-5,7-12H2/t18-/m0/s1. The molecule has 1 aromatic carbocycles. The fourth-order valence-electron chi connectivity index (χ4n) is 4.03. The molecule has 0 spiro atoms. The molecule has 0 saturated carbocycles. The number of fused-ring (bicyclic) bond motifs is 1. The molecule has 4 nitrogen and oxygen atoms in total. The van der Waals surface area contributed by atoms with Gasteiger partial charge in [-0.05, 0) is 47.9 Å². The van der Waals surface area contributed by atoms with Crippen molar-refractivity contribution in [3.05, 3.63) is 36.0 Å². The van der Waals surface area contributed by atoms with Crippen LogP contribution >= 0.6 is 0 Å². The second-order valence-corrected chi connectivity index (χ2v) is 6.50. The van der Waals surface area contributed by atoms with E-state index in [4.69, 9.17) is 4.74 Å². The Kier molecular flexibility index (Phi) is 4.15. The minimum Gasteiger partial charge on any atom is -0.381 e. The molecule has 1 aromatic heterocycles. The largest absolute Gasteiger partial charge is 0.381 e. The van der Waals surface area contributed by atoms with Crippen molar-refractivity contribution in [2.24, 2.45) is 5.92 Å². The molecule has 0 unspecified atom stereocenters. The first kappa shape index (κ1) is 14.2. The third-order valence-electron chi connectivity index (χ3n) is 5.18. The monoisotopic (exact) mass is 299 g/mol. The molecule has 2 aliphatic rings. The Morgan fingerprint density at radius 2 is 1.91 bits per heavy atom. The van der Waals surface area contributed by atoms with Gasteiger partial charge in [-0.25, -0.2) is 0 Å². The number of hydrogen-bond donors (Lipinski definition) is 2. The van der Waals surface area contributed by atoms with Crippen LogP contribution in [0.5, 0.6) is 0 Å². The Balaban J connectivity index is 1.67. The van der Waals surface area contributed by atoms with Crippen LogP contribution in [0.15, 0.2) is 30.5 Å². The van der Waals surface area contributed by atoms with Crippen molar-refractivity contribution in [2.75, 3.05) is 39.4 Å². The van der Waals surface area contributed by atoms with Gasteiger partial charge in [0.1, 0.15) is 0 Å². The average Bonchev–Trinajstić information content (AvgIpc) is 3.05. The van der Waals surface area contributed by atoms with E-state index in [1.807, 2.05) is 6.20 Å². The predicted octanol–water partition coefficient (Wildman–Crippen LogP) is 2.54. The highest BCUT2D eigenvalue weighted by Gasteiger charge is 2.31. The number of aromatic nitrogens is 1. The molecule has 3 heterocycles. The summed E-state index contributed by atoms with van der Waals surface area (Å²) in [7, 11) is 0. The zero-order chi connectivity index (χ0) is 14.8. The minimum atomic E-state index is 0.533. The van der Waals surface area contributed by atoms with Crippen molar-refractivity contribution in [3.63, 3.8) is 0 Å².